The number of hydrogen-bond acceptors (Lipinski definition) is 3. The Balaban J connectivity index is 2.44. The van der Waals surface area contributed by atoms with E-state index in [9.17, 15) is 13.5 Å². The topological polar surface area (TPSA) is 66.4 Å². The number of phenolic OH excluding ortho intramolecular Hbond substituents is 1. The minimum absolute atomic E-state index is 0.0106. The van der Waals surface area contributed by atoms with E-state index in [0.29, 0.717) is 5.56 Å². The first kappa shape index (κ1) is 16.8. The van der Waals surface area contributed by atoms with E-state index in [4.69, 9.17) is 11.6 Å². The number of phenols is 1. The minimum Gasteiger partial charge on any atom is -0.506 e. The Morgan fingerprint density at radius 3 is 2.27 bits per heavy atom. The zero-order valence-electron chi connectivity index (χ0n) is 12.6. The third kappa shape index (κ3) is 4.00. The Morgan fingerprint density at radius 1 is 1.05 bits per heavy atom. The van der Waals surface area contributed by atoms with Gasteiger partial charge in [-0.2, -0.15) is 0 Å². The molecule has 0 spiro atoms. The lowest BCUT2D eigenvalue weighted by atomic mass is 10.1. The van der Waals surface area contributed by atoms with E-state index < -0.39 is 15.6 Å². The van der Waals surface area contributed by atoms with Crippen molar-refractivity contribution in [2.45, 2.75) is 31.2 Å². The summed E-state index contributed by atoms with van der Waals surface area (Å²) in [4.78, 5) is 0.184. The van der Waals surface area contributed by atoms with Crippen LogP contribution in [-0.2, 0) is 10.0 Å². The number of rotatable bonds is 3. The van der Waals surface area contributed by atoms with Crippen LogP contribution in [-0.4, -0.2) is 19.1 Å². The molecule has 0 saturated heterocycles. The molecule has 0 bridgehead atoms. The molecule has 0 amide bonds. The lowest BCUT2D eigenvalue weighted by Gasteiger charge is -2.20. The zero-order valence-corrected chi connectivity index (χ0v) is 14.2. The first-order valence-electron chi connectivity index (χ1n) is 6.71. The van der Waals surface area contributed by atoms with Crippen molar-refractivity contribution in [2.75, 3.05) is 0 Å². The first-order chi connectivity index (χ1) is 10.1. The molecule has 0 saturated carbocycles. The van der Waals surface area contributed by atoms with Gasteiger partial charge < -0.3 is 5.11 Å². The normalized spacial score (nSPS) is 12.4. The van der Waals surface area contributed by atoms with Crippen LogP contribution >= 0.6 is 11.6 Å². The molecule has 0 heterocycles. The third-order valence-electron chi connectivity index (χ3n) is 2.87. The van der Waals surface area contributed by atoms with E-state index in [1.54, 1.807) is 57.2 Å². The van der Waals surface area contributed by atoms with Crippen molar-refractivity contribution in [3.63, 3.8) is 0 Å². The van der Waals surface area contributed by atoms with E-state index in [1.165, 1.54) is 6.07 Å². The summed E-state index contributed by atoms with van der Waals surface area (Å²) in [5.41, 5.74) is 0.880. The molecule has 0 aliphatic rings. The monoisotopic (exact) mass is 339 g/mol. The van der Waals surface area contributed by atoms with E-state index in [0.717, 1.165) is 5.56 Å². The van der Waals surface area contributed by atoms with Crippen LogP contribution in [0.25, 0.3) is 11.1 Å². The quantitative estimate of drug-likeness (QED) is 0.894. The van der Waals surface area contributed by atoms with Crippen LogP contribution < -0.4 is 4.72 Å². The van der Waals surface area contributed by atoms with Gasteiger partial charge >= 0.3 is 0 Å². The maximum Gasteiger partial charge on any atom is 0.241 e. The van der Waals surface area contributed by atoms with E-state index in [1.807, 2.05) is 0 Å². The van der Waals surface area contributed by atoms with Gasteiger partial charge in [-0.15, -0.1) is 0 Å². The van der Waals surface area contributed by atoms with Gasteiger partial charge in [-0.3, -0.25) is 0 Å². The molecule has 2 aromatic carbocycles. The Bertz CT molecular complexity index is 795. The predicted octanol–water partition coefficient (Wildman–Crippen LogP) is 3.79. The highest BCUT2D eigenvalue weighted by Gasteiger charge is 2.22. The lowest BCUT2D eigenvalue weighted by molar-refractivity contribution is 0.475. The molecule has 0 aliphatic carbocycles. The molecule has 0 aliphatic heterocycles. The Morgan fingerprint density at radius 2 is 1.68 bits per heavy atom. The Labute approximate surface area is 135 Å². The maximum absolute atomic E-state index is 12.4. The van der Waals surface area contributed by atoms with E-state index in [-0.39, 0.29) is 15.7 Å². The lowest BCUT2D eigenvalue weighted by Crippen LogP contribution is -2.40. The average Bonchev–Trinajstić information content (AvgIpc) is 2.39. The molecule has 0 fully saturated rings. The summed E-state index contributed by atoms with van der Waals surface area (Å²) < 4.78 is 27.4. The molecule has 2 N–H and O–H groups in total. The number of nitrogens with one attached hydrogen (secondary N) is 1. The van der Waals surface area contributed by atoms with Crippen molar-refractivity contribution in [3.05, 3.63) is 47.5 Å². The van der Waals surface area contributed by atoms with Crippen molar-refractivity contribution in [3.8, 4) is 16.9 Å². The van der Waals surface area contributed by atoms with Gasteiger partial charge in [-0.05, 0) is 56.2 Å². The van der Waals surface area contributed by atoms with Gasteiger partial charge in [0, 0.05) is 5.54 Å². The minimum atomic E-state index is -3.60. The summed E-state index contributed by atoms with van der Waals surface area (Å²) >= 11 is 5.90. The fourth-order valence-corrected chi connectivity index (χ4v) is 3.64. The molecule has 0 radical (unpaired) electrons. The third-order valence-corrected chi connectivity index (χ3v) is 4.92. The molecule has 2 aromatic rings. The van der Waals surface area contributed by atoms with Gasteiger partial charge in [0.15, 0.2) is 0 Å². The van der Waals surface area contributed by atoms with Crippen LogP contribution in [0.2, 0.25) is 5.02 Å². The van der Waals surface area contributed by atoms with Crippen molar-refractivity contribution >= 4 is 21.6 Å². The number of hydrogen-bond donors (Lipinski definition) is 2. The van der Waals surface area contributed by atoms with Crippen LogP contribution in [0.4, 0.5) is 0 Å². The number of sulfonamides is 1. The SMILES string of the molecule is CC(C)(C)NS(=O)(=O)c1cccc(-c2ccc(O)c(Cl)c2)c1. The highest BCUT2D eigenvalue weighted by atomic mass is 35.5. The molecular formula is C16H18ClNO3S. The average molecular weight is 340 g/mol. The maximum atomic E-state index is 12.4. The summed E-state index contributed by atoms with van der Waals surface area (Å²) in [5, 5.41) is 9.69. The molecule has 118 valence electrons. The van der Waals surface area contributed by atoms with Gasteiger partial charge in [-0.25, -0.2) is 13.1 Å². The molecule has 0 atom stereocenters. The number of aromatic hydroxyl groups is 1. The Kier molecular flexibility index (Phi) is 4.52. The second-order valence-electron chi connectivity index (χ2n) is 6.05. The molecule has 0 unspecified atom stereocenters. The van der Waals surface area contributed by atoms with Crippen LogP contribution in [0.5, 0.6) is 5.75 Å². The van der Waals surface area contributed by atoms with Crippen LogP contribution in [0.15, 0.2) is 47.4 Å². The van der Waals surface area contributed by atoms with Crippen molar-refractivity contribution < 1.29 is 13.5 Å². The highest BCUT2D eigenvalue weighted by Crippen LogP contribution is 2.30. The number of halogens is 1. The molecule has 2 rings (SSSR count). The van der Waals surface area contributed by atoms with Gasteiger partial charge in [0.2, 0.25) is 10.0 Å². The second kappa shape index (κ2) is 5.91. The van der Waals surface area contributed by atoms with Crippen molar-refractivity contribution in [1.82, 2.24) is 4.72 Å². The summed E-state index contributed by atoms with van der Waals surface area (Å²) in [6.45, 7) is 5.36. The summed E-state index contributed by atoms with van der Waals surface area (Å²) in [5.74, 6) is -0.0106. The second-order valence-corrected chi connectivity index (χ2v) is 8.14. The molecule has 6 heteroatoms. The zero-order chi connectivity index (χ0) is 16.5. The standard InChI is InChI=1S/C16H18ClNO3S/c1-16(2,3)18-22(20,21)13-6-4-5-11(9-13)12-7-8-15(19)14(17)10-12/h4-10,18-19H,1-3H3. The van der Waals surface area contributed by atoms with Crippen LogP contribution in [0.3, 0.4) is 0 Å². The predicted molar refractivity (Wildman–Crippen MR) is 88.6 cm³/mol. The molecule has 0 aromatic heterocycles. The molecule has 4 nitrogen and oxygen atoms in total. The number of benzene rings is 2. The van der Waals surface area contributed by atoms with Crippen LogP contribution in [0, 0.1) is 0 Å². The van der Waals surface area contributed by atoms with Crippen molar-refractivity contribution in [2.24, 2.45) is 0 Å². The van der Waals surface area contributed by atoms with Crippen molar-refractivity contribution in [1.29, 1.82) is 0 Å². The Hall–Kier alpha value is -1.56. The molecular weight excluding hydrogens is 322 g/mol. The van der Waals surface area contributed by atoms with Gasteiger partial charge in [0.25, 0.3) is 0 Å². The fraction of sp³-hybridized carbons (Fsp3) is 0.250. The molecule has 22 heavy (non-hydrogen) atoms. The largest absolute Gasteiger partial charge is 0.506 e. The first-order valence-corrected chi connectivity index (χ1v) is 8.57. The van der Waals surface area contributed by atoms with Gasteiger partial charge in [0.1, 0.15) is 5.75 Å². The van der Waals surface area contributed by atoms with Gasteiger partial charge in [0.05, 0.1) is 9.92 Å². The summed E-state index contributed by atoms with van der Waals surface area (Å²) in [6.07, 6.45) is 0. The van der Waals surface area contributed by atoms with Gasteiger partial charge in [-0.1, -0.05) is 29.8 Å². The van der Waals surface area contributed by atoms with E-state index >= 15 is 0 Å². The summed E-state index contributed by atoms with van der Waals surface area (Å²) in [7, 11) is -3.60. The fourth-order valence-electron chi connectivity index (χ4n) is 1.99. The highest BCUT2D eigenvalue weighted by molar-refractivity contribution is 7.89. The van der Waals surface area contributed by atoms with E-state index in [2.05, 4.69) is 4.72 Å². The van der Waals surface area contributed by atoms with Crippen LogP contribution in [0.1, 0.15) is 20.8 Å². The summed E-state index contributed by atoms with van der Waals surface area (Å²) in [6, 6.07) is 11.3. The smallest absolute Gasteiger partial charge is 0.241 e.